The average Bonchev–Trinajstić information content (AvgIpc) is 2.78. The SMILES string of the molecule is CC(C)CSCc1noc(C2CCNCC2)n1. The van der Waals surface area contributed by atoms with Gasteiger partial charge < -0.3 is 9.84 Å². The number of nitrogens with zero attached hydrogens (tertiary/aromatic N) is 2. The molecule has 2 rings (SSSR count). The van der Waals surface area contributed by atoms with Crippen LogP contribution in [0.4, 0.5) is 0 Å². The first-order valence-electron chi connectivity index (χ1n) is 6.36. The minimum Gasteiger partial charge on any atom is -0.339 e. The van der Waals surface area contributed by atoms with Crippen molar-refractivity contribution in [3.8, 4) is 0 Å². The van der Waals surface area contributed by atoms with Gasteiger partial charge in [-0.1, -0.05) is 19.0 Å². The monoisotopic (exact) mass is 255 g/mol. The van der Waals surface area contributed by atoms with Gasteiger partial charge in [-0.15, -0.1) is 0 Å². The van der Waals surface area contributed by atoms with Gasteiger partial charge >= 0.3 is 0 Å². The lowest BCUT2D eigenvalue weighted by atomic mass is 9.98. The molecule has 2 heterocycles. The molecule has 0 aromatic carbocycles. The zero-order valence-corrected chi connectivity index (χ0v) is 11.4. The predicted octanol–water partition coefficient (Wildman–Crippen LogP) is 2.43. The molecule has 4 nitrogen and oxygen atoms in total. The normalized spacial score (nSPS) is 17.8. The number of thioether (sulfide) groups is 1. The fraction of sp³-hybridized carbons (Fsp3) is 0.833. The minimum absolute atomic E-state index is 0.465. The first-order valence-corrected chi connectivity index (χ1v) is 7.52. The fourth-order valence-corrected chi connectivity index (χ4v) is 2.84. The van der Waals surface area contributed by atoms with Gasteiger partial charge in [0.2, 0.25) is 5.89 Å². The van der Waals surface area contributed by atoms with E-state index in [0.717, 1.165) is 55.1 Å². The first kappa shape index (κ1) is 12.9. The third-order valence-corrected chi connectivity index (χ3v) is 4.22. The molecule has 0 bridgehead atoms. The maximum Gasteiger partial charge on any atom is 0.229 e. The van der Waals surface area contributed by atoms with E-state index in [1.807, 2.05) is 11.8 Å². The molecular weight excluding hydrogens is 234 g/mol. The molecule has 1 aliphatic heterocycles. The van der Waals surface area contributed by atoms with Crippen molar-refractivity contribution in [1.29, 1.82) is 0 Å². The Hall–Kier alpha value is -0.550. The Kier molecular flexibility index (Phi) is 4.86. The lowest BCUT2D eigenvalue weighted by molar-refractivity contribution is 0.318. The maximum absolute atomic E-state index is 5.36. The summed E-state index contributed by atoms with van der Waals surface area (Å²) < 4.78 is 5.36. The Morgan fingerprint density at radius 2 is 2.18 bits per heavy atom. The highest BCUT2D eigenvalue weighted by molar-refractivity contribution is 7.98. The van der Waals surface area contributed by atoms with Crippen LogP contribution in [0.2, 0.25) is 0 Å². The summed E-state index contributed by atoms with van der Waals surface area (Å²) in [6, 6.07) is 0. The summed E-state index contributed by atoms with van der Waals surface area (Å²) in [5.74, 6) is 4.89. The van der Waals surface area contributed by atoms with Crippen LogP contribution in [0, 0.1) is 5.92 Å². The maximum atomic E-state index is 5.36. The smallest absolute Gasteiger partial charge is 0.229 e. The van der Waals surface area contributed by atoms with Crippen molar-refractivity contribution in [3.63, 3.8) is 0 Å². The highest BCUT2D eigenvalue weighted by Crippen LogP contribution is 2.24. The third-order valence-electron chi connectivity index (χ3n) is 2.85. The molecule has 0 radical (unpaired) electrons. The van der Waals surface area contributed by atoms with Crippen molar-refractivity contribution in [2.75, 3.05) is 18.8 Å². The van der Waals surface area contributed by atoms with Gasteiger partial charge in [-0.05, 0) is 37.6 Å². The van der Waals surface area contributed by atoms with Gasteiger partial charge in [-0.25, -0.2) is 0 Å². The minimum atomic E-state index is 0.465. The number of hydrogen-bond donors (Lipinski definition) is 1. The highest BCUT2D eigenvalue weighted by Gasteiger charge is 2.21. The second-order valence-corrected chi connectivity index (χ2v) is 6.01. The van der Waals surface area contributed by atoms with Crippen LogP contribution in [0.15, 0.2) is 4.52 Å². The predicted molar refractivity (Wildman–Crippen MR) is 70.1 cm³/mol. The largest absolute Gasteiger partial charge is 0.339 e. The zero-order chi connectivity index (χ0) is 12.1. The van der Waals surface area contributed by atoms with E-state index in [1.54, 1.807) is 0 Å². The van der Waals surface area contributed by atoms with Crippen LogP contribution >= 0.6 is 11.8 Å². The van der Waals surface area contributed by atoms with E-state index in [4.69, 9.17) is 4.52 Å². The molecule has 96 valence electrons. The number of hydrogen-bond acceptors (Lipinski definition) is 5. The molecular formula is C12H21N3OS. The van der Waals surface area contributed by atoms with E-state index >= 15 is 0 Å². The Labute approximate surface area is 107 Å². The van der Waals surface area contributed by atoms with Gasteiger partial charge in [0, 0.05) is 5.92 Å². The molecule has 0 aliphatic carbocycles. The summed E-state index contributed by atoms with van der Waals surface area (Å²) >= 11 is 1.88. The van der Waals surface area contributed by atoms with Crippen LogP contribution in [0.3, 0.4) is 0 Å². The van der Waals surface area contributed by atoms with Gasteiger partial charge in [0.1, 0.15) is 0 Å². The number of aromatic nitrogens is 2. The third kappa shape index (κ3) is 4.00. The lowest BCUT2D eigenvalue weighted by Crippen LogP contribution is -2.26. The molecule has 0 atom stereocenters. The second kappa shape index (κ2) is 6.40. The summed E-state index contributed by atoms with van der Waals surface area (Å²) in [5.41, 5.74) is 0. The summed E-state index contributed by atoms with van der Waals surface area (Å²) in [6.07, 6.45) is 2.22. The summed E-state index contributed by atoms with van der Waals surface area (Å²) in [5, 5.41) is 7.40. The molecule has 1 fully saturated rings. The second-order valence-electron chi connectivity index (χ2n) is 4.98. The van der Waals surface area contributed by atoms with Gasteiger partial charge in [-0.2, -0.15) is 16.7 Å². The number of nitrogens with one attached hydrogen (secondary N) is 1. The van der Waals surface area contributed by atoms with E-state index in [0.29, 0.717) is 5.92 Å². The molecule has 1 saturated heterocycles. The Morgan fingerprint density at radius 3 is 2.88 bits per heavy atom. The molecule has 0 saturated carbocycles. The van der Waals surface area contributed by atoms with Gasteiger partial charge in [0.05, 0.1) is 5.75 Å². The van der Waals surface area contributed by atoms with Crippen molar-refractivity contribution in [2.45, 2.75) is 38.4 Å². The Balaban J connectivity index is 1.82. The topological polar surface area (TPSA) is 51.0 Å². The van der Waals surface area contributed by atoms with Crippen LogP contribution in [-0.2, 0) is 5.75 Å². The molecule has 5 heteroatoms. The molecule has 1 aromatic heterocycles. The van der Waals surface area contributed by atoms with Gasteiger partial charge in [0.25, 0.3) is 0 Å². The van der Waals surface area contributed by atoms with E-state index in [2.05, 4.69) is 29.3 Å². The van der Waals surface area contributed by atoms with E-state index in [1.165, 1.54) is 0 Å². The highest BCUT2D eigenvalue weighted by atomic mass is 32.2. The summed E-state index contributed by atoms with van der Waals surface area (Å²) in [7, 11) is 0. The fourth-order valence-electron chi connectivity index (χ4n) is 1.95. The Morgan fingerprint density at radius 1 is 1.41 bits per heavy atom. The molecule has 0 spiro atoms. The van der Waals surface area contributed by atoms with Crippen molar-refractivity contribution in [2.24, 2.45) is 5.92 Å². The van der Waals surface area contributed by atoms with Crippen molar-refractivity contribution < 1.29 is 4.52 Å². The molecule has 1 aliphatic rings. The van der Waals surface area contributed by atoms with Crippen LogP contribution in [0.5, 0.6) is 0 Å². The number of piperidine rings is 1. The first-order chi connectivity index (χ1) is 8.25. The van der Waals surface area contributed by atoms with Crippen LogP contribution in [0.1, 0.15) is 44.3 Å². The van der Waals surface area contributed by atoms with Crippen LogP contribution < -0.4 is 5.32 Å². The molecule has 0 amide bonds. The van der Waals surface area contributed by atoms with Gasteiger partial charge in [-0.3, -0.25) is 0 Å². The van der Waals surface area contributed by atoms with E-state index in [-0.39, 0.29) is 0 Å². The lowest BCUT2D eigenvalue weighted by Gasteiger charge is -2.18. The van der Waals surface area contributed by atoms with Crippen LogP contribution in [0.25, 0.3) is 0 Å². The van der Waals surface area contributed by atoms with E-state index < -0.39 is 0 Å². The molecule has 17 heavy (non-hydrogen) atoms. The molecule has 1 N–H and O–H groups in total. The summed E-state index contributed by atoms with van der Waals surface area (Å²) in [4.78, 5) is 4.50. The van der Waals surface area contributed by atoms with Gasteiger partial charge in [0.15, 0.2) is 5.82 Å². The molecule has 1 aromatic rings. The standard InChI is InChI=1S/C12H21N3OS/c1-9(2)7-17-8-11-14-12(16-15-11)10-3-5-13-6-4-10/h9-10,13H,3-8H2,1-2H3. The Bertz CT molecular complexity index is 334. The molecule has 0 unspecified atom stereocenters. The van der Waals surface area contributed by atoms with E-state index in [9.17, 15) is 0 Å². The summed E-state index contributed by atoms with van der Waals surface area (Å²) in [6.45, 7) is 6.57. The quantitative estimate of drug-likeness (QED) is 0.875. The number of rotatable bonds is 5. The van der Waals surface area contributed by atoms with Crippen LogP contribution in [-0.4, -0.2) is 29.0 Å². The average molecular weight is 255 g/mol. The van der Waals surface area contributed by atoms with Crippen molar-refractivity contribution in [3.05, 3.63) is 11.7 Å². The van der Waals surface area contributed by atoms with Crippen molar-refractivity contribution in [1.82, 2.24) is 15.5 Å². The zero-order valence-electron chi connectivity index (χ0n) is 10.6. The van der Waals surface area contributed by atoms with Crippen molar-refractivity contribution >= 4 is 11.8 Å².